The van der Waals surface area contributed by atoms with Crippen LogP contribution in [0.4, 0.5) is 0 Å². The number of hydrogen-bond acceptors (Lipinski definition) is 10. The van der Waals surface area contributed by atoms with Gasteiger partial charge < -0.3 is 49.6 Å². The summed E-state index contributed by atoms with van der Waals surface area (Å²) in [5.41, 5.74) is 1.84. The molecular formula is C25H34O10. The number of methoxy groups -OCH3 is 2. The highest BCUT2D eigenvalue weighted by Gasteiger charge is 2.44. The van der Waals surface area contributed by atoms with E-state index in [1.807, 2.05) is 0 Å². The van der Waals surface area contributed by atoms with Crippen LogP contribution in [0, 0.1) is 5.92 Å². The van der Waals surface area contributed by atoms with Crippen molar-refractivity contribution in [3.63, 3.8) is 0 Å². The van der Waals surface area contributed by atoms with E-state index < -0.39 is 37.3 Å². The normalized spacial score (nSPS) is 25.3. The number of aliphatic hydroxyl groups is 4. The lowest BCUT2D eigenvalue weighted by molar-refractivity contribution is -0.303. The van der Waals surface area contributed by atoms with Gasteiger partial charge in [-0.1, -0.05) is 12.1 Å². The zero-order valence-corrected chi connectivity index (χ0v) is 19.8. The number of rotatable bonds is 11. The largest absolute Gasteiger partial charge is 0.504 e. The van der Waals surface area contributed by atoms with Gasteiger partial charge in [0.2, 0.25) is 0 Å². The van der Waals surface area contributed by atoms with E-state index in [-0.39, 0.29) is 24.0 Å². The summed E-state index contributed by atoms with van der Waals surface area (Å²) >= 11 is 0. The average Bonchev–Trinajstić information content (AvgIpc) is 2.86. The van der Waals surface area contributed by atoms with Crippen molar-refractivity contribution in [1.29, 1.82) is 0 Å². The first-order chi connectivity index (χ1) is 16.8. The standard InChI is InChI=1S/C25H34O10/c1-32-19-10-14(5-7-17(19)27)3-4-16(9-15-6-8-18(28)20(11-15)33-2)13-34-25-24(31)23(30)22(29)21(12-26)35-25/h5-8,10-11,16,21-31H,3-4,9,12-13H2,1-2H3/t16-,21-,22-,23+,24-,25-/m1/s1. The van der Waals surface area contributed by atoms with Gasteiger partial charge in [0.1, 0.15) is 24.4 Å². The zero-order chi connectivity index (χ0) is 25.5. The lowest BCUT2D eigenvalue weighted by atomic mass is 9.93. The van der Waals surface area contributed by atoms with Gasteiger partial charge in [-0.15, -0.1) is 0 Å². The second kappa shape index (κ2) is 12.4. The van der Waals surface area contributed by atoms with E-state index in [0.29, 0.717) is 30.8 Å². The summed E-state index contributed by atoms with van der Waals surface area (Å²) in [4.78, 5) is 0. The van der Waals surface area contributed by atoms with Crippen LogP contribution in [0.15, 0.2) is 36.4 Å². The number of benzene rings is 2. The van der Waals surface area contributed by atoms with Gasteiger partial charge in [0.25, 0.3) is 0 Å². The van der Waals surface area contributed by atoms with Gasteiger partial charge in [0.05, 0.1) is 27.4 Å². The number of aliphatic hydroxyl groups excluding tert-OH is 4. The molecule has 0 bridgehead atoms. The van der Waals surface area contributed by atoms with Gasteiger partial charge in [0.15, 0.2) is 29.3 Å². The maximum Gasteiger partial charge on any atom is 0.186 e. The fourth-order valence-corrected chi connectivity index (χ4v) is 4.11. The third kappa shape index (κ3) is 6.75. The van der Waals surface area contributed by atoms with E-state index in [1.165, 1.54) is 14.2 Å². The van der Waals surface area contributed by atoms with Crippen LogP contribution in [0.25, 0.3) is 0 Å². The van der Waals surface area contributed by atoms with Crippen molar-refractivity contribution in [2.45, 2.75) is 50.0 Å². The Balaban J connectivity index is 1.73. The first-order valence-electron chi connectivity index (χ1n) is 11.4. The first-order valence-corrected chi connectivity index (χ1v) is 11.4. The number of aryl methyl sites for hydroxylation is 1. The Morgan fingerprint density at radius 3 is 2.06 bits per heavy atom. The van der Waals surface area contributed by atoms with Gasteiger partial charge in [-0.3, -0.25) is 0 Å². The van der Waals surface area contributed by atoms with Crippen molar-refractivity contribution in [2.75, 3.05) is 27.4 Å². The number of ether oxygens (including phenoxy) is 4. The second-order valence-electron chi connectivity index (χ2n) is 8.65. The van der Waals surface area contributed by atoms with Crippen LogP contribution >= 0.6 is 0 Å². The smallest absolute Gasteiger partial charge is 0.186 e. The fraction of sp³-hybridized carbons (Fsp3) is 0.520. The molecule has 2 aromatic rings. The van der Waals surface area contributed by atoms with Gasteiger partial charge >= 0.3 is 0 Å². The summed E-state index contributed by atoms with van der Waals surface area (Å²) in [7, 11) is 2.95. The van der Waals surface area contributed by atoms with Crippen LogP contribution in [0.5, 0.6) is 23.0 Å². The topological polar surface area (TPSA) is 158 Å². The van der Waals surface area contributed by atoms with E-state index in [0.717, 1.165) is 11.1 Å². The Labute approximate surface area is 203 Å². The molecule has 1 heterocycles. The van der Waals surface area contributed by atoms with Crippen LogP contribution in [0.2, 0.25) is 0 Å². The molecule has 1 fully saturated rings. The SMILES string of the molecule is COc1cc(CC[C@@H](CO[C@@H]2O[C@H](CO)[C@@H](O)[C@H](O)[C@H]2O)Cc2ccc(O)c(OC)c2)ccc1O. The molecule has 0 spiro atoms. The molecule has 0 aromatic heterocycles. The van der Waals surface area contributed by atoms with Gasteiger partial charge in [-0.25, -0.2) is 0 Å². The minimum absolute atomic E-state index is 0.0292. The van der Waals surface area contributed by atoms with Crippen LogP contribution in [0.1, 0.15) is 17.5 Å². The Morgan fingerprint density at radius 2 is 1.46 bits per heavy atom. The molecule has 1 aliphatic rings. The van der Waals surface area contributed by atoms with Crippen LogP contribution < -0.4 is 9.47 Å². The molecule has 0 saturated carbocycles. The second-order valence-corrected chi connectivity index (χ2v) is 8.65. The molecule has 10 nitrogen and oxygen atoms in total. The van der Waals surface area contributed by atoms with Crippen LogP contribution in [0.3, 0.4) is 0 Å². The molecule has 6 N–H and O–H groups in total. The van der Waals surface area contributed by atoms with E-state index in [9.17, 15) is 30.6 Å². The fourth-order valence-electron chi connectivity index (χ4n) is 4.11. The van der Waals surface area contributed by atoms with Crippen molar-refractivity contribution in [2.24, 2.45) is 5.92 Å². The predicted octanol–water partition coefficient (Wildman–Crippen LogP) is 0.723. The Morgan fingerprint density at radius 1 is 0.857 bits per heavy atom. The summed E-state index contributed by atoms with van der Waals surface area (Å²) in [6.45, 7) is -0.397. The Hall–Kier alpha value is -2.60. The first kappa shape index (κ1) is 27.0. The third-order valence-corrected chi connectivity index (χ3v) is 6.20. The average molecular weight is 495 g/mol. The highest BCUT2D eigenvalue weighted by atomic mass is 16.7. The van der Waals surface area contributed by atoms with Crippen molar-refractivity contribution < 1.29 is 49.6 Å². The monoisotopic (exact) mass is 494 g/mol. The minimum atomic E-state index is -1.52. The number of hydrogen-bond donors (Lipinski definition) is 6. The van der Waals surface area contributed by atoms with Gasteiger partial charge in [-0.2, -0.15) is 0 Å². The molecule has 194 valence electrons. The summed E-state index contributed by atoms with van der Waals surface area (Å²) in [5.74, 6) is 0.715. The molecule has 0 radical (unpaired) electrons. The van der Waals surface area contributed by atoms with E-state index in [2.05, 4.69) is 0 Å². The highest BCUT2D eigenvalue weighted by molar-refractivity contribution is 5.42. The summed E-state index contributed by atoms with van der Waals surface area (Å²) < 4.78 is 21.7. The van der Waals surface area contributed by atoms with Crippen LogP contribution in [-0.2, 0) is 22.3 Å². The van der Waals surface area contributed by atoms with Gasteiger partial charge in [0, 0.05) is 0 Å². The number of phenols is 2. The molecule has 1 saturated heterocycles. The maximum absolute atomic E-state index is 10.3. The lowest BCUT2D eigenvalue weighted by Crippen LogP contribution is -2.59. The lowest BCUT2D eigenvalue weighted by Gasteiger charge is -2.40. The minimum Gasteiger partial charge on any atom is -0.504 e. The molecule has 0 unspecified atom stereocenters. The van der Waals surface area contributed by atoms with Gasteiger partial charge in [-0.05, 0) is 60.6 Å². The summed E-state index contributed by atoms with van der Waals surface area (Å²) in [6, 6.07) is 10.2. The molecule has 6 atom stereocenters. The molecule has 10 heteroatoms. The number of aromatic hydroxyl groups is 2. The van der Waals surface area contributed by atoms with Crippen LogP contribution in [-0.4, -0.2) is 88.8 Å². The summed E-state index contributed by atoms with van der Waals surface area (Å²) in [6.07, 6.45) is -4.91. The maximum atomic E-state index is 10.3. The molecular weight excluding hydrogens is 460 g/mol. The predicted molar refractivity (Wildman–Crippen MR) is 125 cm³/mol. The molecule has 1 aliphatic heterocycles. The third-order valence-electron chi connectivity index (χ3n) is 6.20. The van der Waals surface area contributed by atoms with Crippen molar-refractivity contribution in [3.05, 3.63) is 47.5 Å². The molecule has 0 aliphatic carbocycles. The Kier molecular flexibility index (Phi) is 9.55. The van der Waals surface area contributed by atoms with Crippen molar-refractivity contribution in [1.82, 2.24) is 0 Å². The van der Waals surface area contributed by atoms with Crippen molar-refractivity contribution >= 4 is 0 Å². The van der Waals surface area contributed by atoms with Crippen molar-refractivity contribution in [3.8, 4) is 23.0 Å². The summed E-state index contributed by atoms with van der Waals surface area (Å²) in [5, 5.41) is 59.5. The van der Waals surface area contributed by atoms with E-state index in [4.69, 9.17) is 18.9 Å². The molecule has 2 aromatic carbocycles. The zero-order valence-electron chi connectivity index (χ0n) is 19.8. The highest BCUT2D eigenvalue weighted by Crippen LogP contribution is 2.30. The molecule has 35 heavy (non-hydrogen) atoms. The molecule has 0 amide bonds. The Bertz CT molecular complexity index is 950. The van der Waals surface area contributed by atoms with E-state index in [1.54, 1.807) is 36.4 Å². The molecule has 3 rings (SSSR count). The van der Waals surface area contributed by atoms with E-state index >= 15 is 0 Å². The quantitative estimate of drug-likeness (QED) is 0.263. The number of phenolic OH excluding ortho intramolecular Hbond substituents is 2.